The van der Waals surface area contributed by atoms with Crippen molar-refractivity contribution < 1.29 is 4.79 Å². The molecule has 0 radical (unpaired) electrons. The molecule has 2 aromatic carbocycles. The normalized spacial score (nSPS) is 14.0. The van der Waals surface area contributed by atoms with Crippen LogP contribution < -0.4 is 10.2 Å². The van der Waals surface area contributed by atoms with E-state index in [0.717, 1.165) is 35.5 Å². The second-order valence-corrected chi connectivity index (χ2v) is 6.25. The highest BCUT2D eigenvalue weighted by molar-refractivity contribution is 6.06. The fraction of sp³-hybridized carbons (Fsp3) is 0.250. The van der Waals surface area contributed by atoms with Crippen molar-refractivity contribution in [3.63, 3.8) is 0 Å². The number of rotatable bonds is 4. The minimum atomic E-state index is -0.0851. The number of benzene rings is 2. The minimum Gasteiger partial charge on any atom is -0.346 e. The van der Waals surface area contributed by atoms with Crippen LogP contribution in [0.3, 0.4) is 0 Å². The second-order valence-electron chi connectivity index (χ2n) is 6.25. The van der Waals surface area contributed by atoms with Gasteiger partial charge >= 0.3 is 0 Å². The van der Waals surface area contributed by atoms with Crippen molar-refractivity contribution in [1.82, 2.24) is 15.3 Å². The average molecular weight is 332 g/mol. The van der Waals surface area contributed by atoms with Gasteiger partial charge in [-0.3, -0.25) is 4.79 Å². The number of aromatic nitrogens is 2. The summed E-state index contributed by atoms with van der Waals surface area (Å²) in [4.78, 5) is 23.7. The van der Waals surface area contributed by atoms with E-state index >= 15 is 0 Å². The number of hydrogen-bond donors (Lipinski definition) is 1. The van der Waals surface area contributed by atoms with E-state index in [1.54, 1.807) is 6.20 Å². The van der Waals surface area contributed by atoms with Crippen LogP contribution in [0, 0.1) is 0 Å². The molecule has 25 heavy (non-hydrogen) atoms. The third-order valence-electron chi connectivity index (χ3n) is 4.55. The van der Waals surface area contributed by atoms with E-state index < -0.39 is 0 Å². The van der Waals surface area contributed by atoms with Gasteiger partial charge in [0.2, 0.25) is 5.95 Å². The van der Waals surface area contributed by atoms with E-state index in [0.29, 0.717) is 12.1 Å². The molecule has 0 aliphatic carbocycles. The van der Waals surface area contributed by atoms with Crippen molar-refractivity contribution in [2.75, 3.05) is 18.0 Å². The summed E-state index contributed by atoms with van der Waals surface area (Å²) >= 11 is 0. The van der Waals surface area contributed by atoms with Crippen LogP contribution in [0.4, 0.5) is 5.95 Å². The van der Waals surface area contributed by atoms with Crippen molar-refractivity contribution in [1.29, 1.82) is 0 Å². The quantitative estimate of drug-likeness (QED) is 0.797. The van der Waals surface area contributed by atoms with E-state index in [9.17, 15) is 4.79 Å². The first-order valence-corrected chi connectivity index (χ1v) is 8.64. The Morgan fingerprint density at radius 2 is 1.84 bits per heavy atom. The molecule has 1 aromatic heterocycles. The summed E-state index contributed by atoms with van der Waals surface area (Å²) < 4.78 is 0. The van der Waals surface area contributed by atoms with E-state index in [2.05, 4.69) is 20.2 Å². The lowest BCUT2D eigenvalue weighted by molar-refractivity contribution is 0.0952. The highest BCUT2D eigenvalue weighted by Crippen LogP contribution is 2.19. The molecule has 1 aliphatic heterocycles. The van der Waals surface area contributed by atoms with Crippen LogP contribution in [0.2, 0.25) is 0 Å². The molecular weight excluding hydrogens is 312 g/mol. The number of nitrogens with one attached hydrogen (secondary N) is 1. The van der Waals surface area contributed by atoms with Gasteiger partial charge in [0.25, 0.3) is 5.91 Å². The second kappa shape index (κ2) is 6.89. The molecule has 1 N–H and O–H groups in total. The van der Waals surface area contributed by atoms with Gasteiger partial charge < -0.3 is 10.2 Å². The Morgan fingerprint density at radius 1 is 1.04 bits per heavy atom. The minimum absolute atomic E-state index is 0.0851. The van der Waals surface area contributed by atoms with Gasteiger partial charge in [0, 0.05) is 24.8 Å². The van der Waals surface area contributed by atoms with Crippen molar-refractivity contribution in [3.05, 3.63) is 66.0 Å². The zero-order valence-corrected chi connectivity index (χ0v) is 14.0. The van der Waals surface area contributed by atoms with Crippen LogP contribution in [0.15, 0.2) is 54.7 Å². The third-order valence-corrected chi connectivity index (χ3v) is 4.55. The summed E-state index contributed by atoms with van der Waals surface area (Å²) in [6, 6.07) is 15.5. The van der Waals surface area contributed by atoms with Crippen LogP contribution in [0.25, 0.3) is 10.8 Å². The topological polar surface area (TPSA) is 58.1 Å². The fourth-order valence-electron chi connectivity index (χ4n) is 3.24. The molecule has 0 spiro atoms. The third kappa shape index (κ3) is 3.31. The summed E-state index contributed by atoms with van der Waals surface area (Å²) in [6.45, 7) is 2.41. The van der Waals surface area contributed by atoms with Crippen LogP contribution >= 0.6 is 0 Å². The van der Waals surface area contributed by atoms with Crippen molar-refractivity contribution in [2.45, 2.75) is 19.4 Å². The molecule has 1 amide bonds. The fourth-order valence-corrected chi connectivity index (χ4v) is 3.24. The maximum atomic E-state index is 12.6. The Bertz CT molecular complexity index is 898. The Balaban J connectivity index is 1.49. The molecule has 1 fully saturated rings. The highest BCUT2D eigenvalue weighted by Gasteiger charge is 2.15. The van der Waals surface area contributed by atoms with Gasteiger partial charge in [-0.05, 0) is 35.7 Å². The largest absolute Gasteiger partial charge is 0.346 e. The number of anilines is 1. The molecule has 0 bridgehead atoms. The molecule has 0 atom stereocenters. The standard InChI is InChI=1S/C20H20N4O/c25-19(18-9-5-7-15-6-1-2-8-17(15)18)22-14-16-10-11-21-20(23-16)24-12-3-4-13-24/h1-2,5-11H,3-4,12-14H2,(H,22,25). The molecule has 1 saturated heterocycles. The molecule has 1 aliphatic rings. The summed E-state index contributed by atoms with van der Waals surface area (Å²) in [5.74, 6) is 0.674. The van der Waals surface area contributed by atoms with Gasteiger partial charge in [-0.1, -0.05) is 36.4 Å². The smallest absolute Gasteiger partial charge is 0.252 e. The van der Waals surface area contributed by atoms with Crippen LogP contribution in [0.5, 0.6) is 0 Å². The first kappa shape index (κ1) is 15.6. The van der Waals surface area contributed by atoms with Crippen molar-refractivity contribution >= 4 is 22.6 Å². The molecular formula is C20H20N4O. The van der Waals surface area contributed by atoms with Crippen LogP contribution in [0.1, 0.15) is 28.9 Å². The van der Waals surface area contributed by atoms with Crippen molar-refractivity contribution in [2.24, 2.45) is 0 Å². The number of carbonyl (C=O) groups is 1. The molecule has 126 valence electrons. The Morgan fingerprint density at radius 3 is 2.72 bits per heavy atom. The van der Waals surface area contributed by atoms with Gasteiger partial charge in [0.1, 0.15) is 0 Å². The molecule has 2 heterocycles. The first-order valence-electron chi connectivity index (χ1n) is 8.64. The zero-order valence-electron chi connectivity index (χ0n) is 14.0. The van der Waals surface area contributed by atoms with Gasteiger partial charge in [0.05, 0.1) is 12.2 Å². The number of carbonyl (C=O) groups excluding carboxylic acids is 1. The monoisotopic (exact) mass is 332 g/mol. The molecule has 0 saturated carbocycles. The zero-order chi connectivity index (χ0) is 17.1. The number of fused-ring (bicyclic) bond motifs is 1. The maximum Gasteiger partial charge on any atom is 0.252 e. The molecule has 5 heteroatoms. The molecule has 4 rings (SSSR count). The predicted octanol–water partition coefficient (Wildman–Crippen LogP) is 3.16. The Kier molecular flexibility index (Phi) is 4.29. The predicted molar refractivity (Wildman–Crippen MR) is 98.6 cm³/mol. The first-order chi connectivity index (χ1) is 12.3. The van der Waals surface area contributed by atoms with E-state index in [-0.39, 0.29) is 5.91 Å². The number of nitrogens with zero attached hydrogens (tertiary/aromatic N) is 3. The summed E-state index contributed by atoms with van der Waals surface area (Å²) in [5, 5.41) is 5.00. The van der Waals surface area contributed by atoms with Gasteiger partial charge in [-0.2, -0.15) is 0 Å². The van der Waals surface area contributed by atoms with E-state index in [1.807, 2.05) is 48.5 Å². The average Bonchev–Trinajstić information content (AvgIpc) is 3.21. The lowest BCUT2D eigenvalue weighted by Crippen LogP contribution is -2.25. The van der Waals surface area contributed by atoms with Gasteiger partial charge in [-0.15, -0.1) is 0 Å². The maximum absolute atomic E-state index is 12.6. The lowest BCUT2D eigenvalue weighted by atomic mass is 10.0. The summed E-state index contributed by atoms with van der Waals surface area (Å²) in [6.07, 6.45) is 4.14. The Hall–Kier alpha value is -2.95. The Labute approximate surface area is 146 Å². The van der Waals surface area contributed by atoms with E-state index in [1.165, 1.54) is 12.8 Å². The molecule has 5 nitrogen and oxygen atoms in total. The molecule has 3 aromatic rings. The number of amides is 1. The van der Waals surface area contributed by atoms with Crippen LogP contribution in [-0.4, -0.2) is 29.0 Å². The van der Waals surface area contributed by atoms with Gasteiger partial charge in [-0.25, -0.2) is 9.97 Å². The molecule has 0 unspecified atom stereocenters. The number of hydrogen-bond acceptors (Lipinski definition) is 4. The lowest BCUT2D eigenvalue weighted by Gasteiger charge is -2.15. The van der Waals surface area contributed by atoms with Crippen LogP contribution in [-0.2, 0) is 6.54 Å². The summed E-state index contributed by atoms with van der Waals surface area (Å²) in [7, 11) is 0. The van der Waals surface area contributed by atoms with Gasteiger partial charge in [0.15, 0.2) is 0 Å². The summed E-state index contributed by atoms with van der Waals surface area (Å²) in [5.41, 5.74) is 1.51. The highest BCUT2D eigenvalue weighted by atomic mass is 16.1. The van der Waals surface area contributed by atoms with E-state index in [4.69, 9.17) is 0 Å². The van der Waals surface area contributed by atoms with Crippen molar-refractivity contribution in [3.8, 4) is 0 Å². The SMILES string of the molecule is O=C(NCc1ccnc(N2CCCC2)n1)c1cccc2ccccc12.